The Hall–Kier alpha value is -1.19. The number of nitrogens with one attached hydrogen (secondary N) is 1. The largest absolute Gasteiger partial charge is 0.309 e. The number of nitrogens with zero attached hydrogens (tertiary/aromatic N) is 1. The highest BCUT2D eigenvalue weighted by Crippen LogP contribution is 2.34. The van der Waals surface area contributed by atoms with Gasteiger partial charge in [-0.2, -0.15) is 0 Å². The lowest BCUT2D eigenvalue weighted by atomic mass is 9.94. The first-order chi connectivity index (χ1) is 9.24. The number of thiophene rings is 1. The van der Waals surface area contributed by atoms with Crippen LogP contribution < -0.4 is 5.32 Å². The van der Waals surface area contributed by atoms with Gasteiger partial charge in [0.2, 0.25) is 0 Å². The van der Waals surface area contributed by atoms with Gasteiger partial charge in [-0.25, -0.2) is 0 Å². The van der Waals surface area contributed by atoms with Gasteiger partial charge >= 0.3 is 0 Å². The lowest BCUT2D eigenvalue weighted by molar-refractivity contribution is 0.465. The van der Waals surface area contributed by atoms with Crippen molar-refractivity contribution in [1.82, 2.24) is 10.3 Å². The van der Waals surface area contributed by atoms with Gasteiger partial charge in [-0.1, -0.05) is 19.9 Å². The Balaban J connectivity index is 2.25. The van der Waals surface area contributed by atoms with E-state index < -0.39 is 0 Å². The molecule has 2 aromatic heterocycles. The summed E-state index contributed by atoms with van der Waals surface area (Å²) in [5.41, 5.74) is 2.53. The summed E-state index contributed by atoms with van der Waals surface area (Å²) in [6, 6.07) is 8.72. The molecule has 0 saturated carbocycles. The number of rotatable bonds is 6. The highest BCUT2D eigenvalue weighted by atomic mass is 32.1. The maximum Gasteiger partial charge on any atom is 0.0499 e. The van der Waals surface area contributed by atoms with E-state index in [9.17, 15) is 0 Å². The molecule has 19 heavy (non-hydrogen) atoms. The van der Waals surface area contributed by atoms with Crippen LogP contribution in [0.2, 0.25) is 0 Å². The van der Waals surface area contributed by atoms with E-state index in [1.54, 1.807) is 0 Å². The second-order valence-corrected chi connectivity index (χ2v) is 5.89. The van der Waals surface area contributed by atoms with Gasteiger partial charge in [-0.3, -0.25) is 4.98 Å². The molecule has 0 aliphatic heterocycles. The van der Waals surface area contributed by atoms with Gasteiger partial charge in [0.1, 0.15) is 0 Å². The fourth-order valence-corrected chi connectivity index (χ4v) is 3.42. The SMILES string of the molecule is CCCNC(c1sccc1C)C(C)c1ccccn1. The van der Waals surface area contributed by atoms with Gasteiger partial charge in [0.05, 0.1) is 0 Å². The first-order valence-electron chi connectivity index (χ1n) is 6.92. The molecular weight excluding hydrogens is 252 g/mol. The van der Waals surface area contributed by atoms with Gasteiger partial charge in [0.15, 0.2) is 0 Å². The van der Waals surface area contributed by atoms with Crippen molar-refractivity contribution in [2.24, 2.45) is 0 Å². The minimum absolute atomic E-state index is 0.356. The van der Waals surface area contributed by atoms with Crippen molar-refractivity contribution < 1.29 is 0 Å². The van der Waals surface area contributed by atoms with Crippen LogP contribution >= 0.6 is 11.3 Å². The number of pyridine rings is 1. The molecule has 2 nitrogen and oxygen atoms in total. The van der Waals surface area contributed by atoms with Crippen LogP contribution in [0.1, 0.15) is 48.4 Å². The maximum atomic E-state index is 4.51. The molecule has 2 rings (SSSR count). The summed E-state index contributed by atoms with van der Waals surface area (Å²) in [4.78, 5) is 5.95. The van der Waals surface area contributed by atoms with Gasteiger partial charge < -0.3 is 5.32 Å². The minimum Gasteiger partial charge on any atom is -0.309 e. The molecular formula is C16H22N2S. The van der Waals surface area contributed by atoms with Crippen LogP contribution in [0.25, 0.3) is 0 Å². The van der Waals surface area contributed by atoms with E-state index in [1.165, 1.54) is 10.4 Å². The average molecular weight is 274 g/mol. The molecule has 0 radical (unpaired) electrons. The zero-order chi connectivity index (χ0) is 13.7. The van der Waals surface area contributed by atoms with Crippen molar-refractivity contribution in [3.8, 4) is 0 Å². The van der Waals surface area contributed by atoms with Crippen molar-refractivity contribution in [2.45, 2.75) is 39.2 Å². The lowest BCUT2D eigenvalue weighted by Gasteiger charge is -2.25. The van der Waals surface area contributed by atoms with Crippen LogP contribution in [0.5, 0.6) is 0 Å². The summed E-state index contributed by atoms with van der Waals surface area (Å²) in [6.45, 7) is 7.70. The van der Waals surface area contributed by atoms with E-state index in [-0.39, 0.29) is 0 Å². The first-order valence-corrected chi connectivity index (χ1v) is 7.80. The summed E-state index contributed by atoms with van der Waals surface area (Å²) < 4.78 is 0. The molecule has 0 fully saturated rings. The fraction of sp³-hybridized carbons (Fsp3) is 0.438. The number of hydrogen-bond donors (Lipinski definition) is 1. The minimum atomic E-state index is 0.356. The fourth-order valence-electron chi connectivity index (χ4n) is 2.32. The third-order valence-electron chi connectivity index (χ3n) is 3.45. The zero-order valence-electron chi connectivity index (χ0n) is 11.9. The molecule has 0 aromatic carbocycles. The van der Waals surface area contributed by atoms with E-state index >= 15 is 0 Å². The number of aromatic nitrogens is 1. The molecule has 2 atom stereocenters. The number of hydrogen-bond acceptors (Lipinski definition) is 3. The zero-order valence-corrected chi connectivity index (χ0v) is 12.7. The van der Waals surface area contributed by atoms with Gasteiger partial charge in [-0.05, 0) is 49.0 Å². The van der Waals surface area contributed by atoms with Gasteiger partial charge in [0.25, 0.3) is 0 Å². The Morgan fingerprint density at radius 1 is 1.32 bits per heavy atom. The molecule has 0 amide bonds. The molecule has 0 saturated heterocycles. The summed E-state index contributed by atoms with van der Waals surface area (Å²) in [7, 11) is 0. The normalized spacial score (nSPS) is 14.3. The second kappa shape index (κ2) is 6.83. The Kier molecular flexibility index (Phi) is 5.11. The van der Waals surface area contributed by atoms with Crippen molar-refractivity contribution in [3.05, 3.63) is 52.0 Å². The Morgan fingerprint density at radius 2 is 2.16 bits per heavy atom. The van der Waals surface area contributed by atoms with Crippen LogP contribution in [-0.2, 0) is 0 Å². The van der Waals surface area contributed by atoms with Crippen molar-refractivity contribution in [3.63, 3.8) is 0 Å². The quantitative estimate of drug-likeness (QED) is 0.849. The van der Waals surface area contributed by atoms with Crippen LogP contribution in [0.15, 0.2) is 35.8 Å². The average Bonchev–Trinajstić information content (AvgIpc) is 2.86. The molecule has 0 aliphatic rings. The topological polar surface area (TPSA) is 24.9 Å². The number of aryl methyl sites for hydroxylation is 1. The van der Waals surface area contributed by atoms with Crippen LogP contribution in [0, 0.1) is 6.92 Å². The third-order valence-corrected chi connectivity index (χ3v) is 4.55. The molecule has 0 aliphatic carbocycles. The third kappa shape index (κ3) is 3.43. The standard InChI is InChI=1S/C16H22N2S/c1-4-9-18-15(16-12(2)8-11-19-16)13(3)14-7-5-6-10-17-14/h5-8,10-11,13,15,18H,4,9H2,1-3H3. The Labute approximate surface area is 119 Å². The van der Waals surface area contributed by atoms with E-state index in [0.717, 1.165) is 18.7 Å². The lowest BCUT2D eigenvalue weighted by Crippen LogP contribution is -2.27. The van der Waals surface area contributed by atoms with Gasteiger partial charge in [-0.15, -0.1) is 11.3 Å². The molecule has 1 N–H and O–H groups in total. The molecule has 0 spiro atoms. The molecule has 102 valence electrons. The molecule has 0 bridgehead atoms. The molecule has 2 unspecified atom stereocenters. The first kappa shape index (κ1) is 14.2. The second-order valence-electron chi connectivity index (χ2n) is 4.94. The predicted octanol–water partition coefficient (Wildman–Crippen LogP) is 4.30. The van der Waals surface area contributed by atoms with Crippen molar-refractivity contribution >= 4 is 11.3 Å². The van der Waals surface area contributed by atoms with E-state index in [0.29, 0.717) is 12.0 Å². The van der Waals surface area contributed by atoms with E-state index in [1.807, 2.05) is 23.6 Å². The Morgan fingerprint density at radius 3 is 2.74 bits per heavy atom. The van der Waals surface area contributed by atoms with Crippen molar-refractivity contribution in [1.29, 1.82) is 0 Å². The molecule has 2 heterocycles. The Bertz CT molecular complexity index is 492. The van der Waals surface area contributed by atoms with E-state index in [4.69, 9.17) is 0 Å². The summed E-state index contributed by atoms with van der Waals surface area (Å²) in [6.07, 6.45) is 3.03. The van der Waals surface area contributed by atoms with Gasteiger partial charge in [0, 0.05) is 28.7 Å². The predicted molar refractivity (Wildman–Crippen MR) is 82.7 cm³/mol. The summed E-state index contributed by atoms with van der Waals surface area (Å²) >= 11 is 1.84. The molecule has 2 aromatic rings. The maximum absolute atomic E-state index is 4.51. The summed E-state index contributed by atoms with van der Waals surface area (Å²) in [5, 5.41) is 5.86. The monoisotopic (exact) mass is 274 g/mol. The van der Waals surface area contributed by atoms with Crippen LogP contribution in [0.4, 0.5) is 0 Å². The highest BCUT2D eigenvalue weighted by Gasteiger charge is 2.23. The highest BCUT2D eigenvalue weighted by molar-refractivity contribution is 7.10. The van der Waals surface area contributed by atoms with E-state index in [2.05, 4.69) is 54.7 Å². The molecule has 3 heteroatoms. The van der Waals surface area contributed by atoms with Crippen LogP contribution in [0.3, 0.4) is 0 Å². The summed E-state index contributed by atoms with van der Waals surface area (Å²) in [5.74, 6) is 0.380. The van der Waals surface area contributed by atoms with Crippen molar-refractivity contribution in [2.75, 3.05) is 6.54 Å². The van der Waals surface area contributed by atoms with Crippen LogP contribution in [-0.4, -0.2) is 11.5 Å². The smallest absolute Gasteiger partial charge is 0.0499 e.